The third kappa shape index (κ3) is 6.60. The van der Waals surface area contributed by atoms with E-state index in [9.17, 15) is 4.79 Å². The van der Waals surface area contributed by atoms with Crippen LogP contribution in [0.2, 0.25) is 0 Å². The molecule has 1 aliphatic heterocycles. The van der Waals surface area contributed by atoms with Crippen LogP contribution >= 0.6 is 0 Å². The molecule has 4 heteroatoms. The molecule has 0 N–H and O–H groups in total. The fourth-order valence-corrected chi connectivity index (χ4v) is 3.04. The largest absolute Gasteiger partial charge is 0.469 e. The lowest BCUT2D eigenvalue weighted by atomic mass is 9.86. The van der Waals surface area contributed by atoms with Crippen LogP contribution in [-0.2, 0) is 19.0 Å². The van der Waals surface area contributed by atoms with E-state index >= 15 is 0 Å². The van der Waals surface area contributed by atoms with Gasteiger partial charge in [-0.3, -0.25) is 4.79 Å². The first-order chi connectivity index (χ1) is 11.1. The van der Waals surface area contributed by atoms with Gasteiger partial charge in [0.1, 0.15) is 0 Å². The summed E-state index contributed by atoms with van der Waals surface area (Å²) in [6.45, 7) is 7.27. The molecule has 0 aromatic carbocycles. The van der Waals surface area contributed by atoms with E-state index in [0.29, 0.717) is 6.42 Å². The number of carbonyl (C=O) groups excluding carboxylic acids is 1. The van der Waals surface area contributed by atoms with Gasteiger partial charge in [-0.2, -0.15) is 0 Å². The van der Waals surface area contributed by atoms with Crippen molar-refractivity contribution in [2.75, 3.05) is 14.2 Å². The van der Waals surface area contributed by atoms with Crippen molar-refractivity contribution in [3.05, 3.63) is 36.8 Å². The molecule has 1 unspecified atom stereocenters. The van der Waals surface area contributed by atoms with Gasteiger partial charge in [-0.15, -0.1) is 11.5 Å². The summed E-state index contributed by atoms with van der Waals surface area (Å²) in [6, 6.07) is 0. The molecule has 0 radical (unpaired) electrons. The van der Waals surface area contributed by atoms with Crippen molar-refractivity contribution in [3.8, 4) is 0 Å². The molecule has 4 nitrogen and oxygen atoms in total. The predicted molar refractivity (Wildman–Crippen MR) is 90.2 cm³/mol. The number of ether oxygens (including phenoxy) is 3. The topological polar surface area (TPSA) is 44.8 Å². The number of esters is 1. The number of carbonyl (C=O) groups is 1. The molecule has 1 fully saturated rings. The first-order valence-corrected chi connectivity index (χ1v) is 8.09. The van der Waals surface area contributed by atoms with E-state index < -0.39 is 5.60 Å². The van der Waals surface area contributed by atoms with Gasteiger partial charge in [0.15, 0.2) is 0 Å². The minimum Gasteiger partial charge on any atom is -0.469 e. The summed E-state index contributed by atoms with van der Waals surface area (Å²) in [7, 11) is 3.08. The van der Waals surface area contributed by atoms with Crippen molar-refractivity contribution in [1.82, 2.24) is 0 Å². The summed E-state index contributed by atoms with van der Waals surface area (Å²) >= 11 is 0. The Morgan fingerprint density at radius 3 is 2.83 bits per heavy atom. The second kappa shape index (κ2) is 10.3. The summed E-state index contributed by atoms with van der Waals surface area (Å²) in [5.41, 5.74) is 5.24. The molecule has 128 valence electrons. The summed E-state index contributed by atoms with van der Waals surface area (Å²) < 4.78 is 16.3. The highest BCUT2D eigenvalue weighted by molar-refractivity contribution is 5.69. The van der Waals surface area contributed by atoms with Crippen molar-refractivity contribution in [1.29, 1.82) is 0 Å². The summed E-state index contributed by atoms with van der Waals surface area (Å²) in [6.07, 6.45) is 9.40. The highest BCUT2D eigenvalue weighted by atomic mass is 16.5. The highest BCUT2D eigenvalue weighted by Crippen LogP contribution is 2.35. The Balaban J connectivity index is 2.65. The smallest absolute Gasteiger partial charge is 0.308 e. The van der Waals surface area contributed by atoms with Crippen LogP contribution in [0.5, 0.6) is 0 Å². The number of methoxy groups -OCH3 is 2. The van der Waals surface area contributed by atoms with E-state index in [-0.39, 0.29) is 18.2 Å². The molecule has 0 saturated carbocycles. The molecule has 0 aliphatic carbocycles. The fraction of sp³-hybridized carbons (Fsp3) is 0.632. The zero-order valence-corrected chi connectivity index (χ0v) is 14.3. The van der Waals surface area contributed by atoms with Gasteiger partial charge in [0.05, 0.1) is 31.3 Å². The lowest BCUT2D eigenvalue weighted by Crippen LogP contribution is -2.40. The molecule has 0 aromatic rings. The zero-order chi connectivity index (χ0) is 17.1. The Morgan fingerprint density at radius 2 is 2.22 bits per heavy atom. The molecule has 1 aliphatic rings. The van der Waals surface area contributed by atoms with Gasteiger partial charge < -0.3 is 14.2 Å². The highest BCUT2D eigenvalue weighted by Gasteiger charge is 2.35. The minimum atomic E-state index is -0.394. The molecular formula is C19H28O4. The normalized spacial score (nSPS) is 24.9. The molecular weight excluding hydrogens is 292 g/mol. The second-order valence-corrected chi connectivity index (χ2v) is 5.86. The van der Waals surface area contributed by atoms with Crippen LogP contribution in [0.1, 0.15) is 44.9 Å². The molecule has 0 aromatic heterocycles. The molecule has 1 rings (SSSR count). The van der Waals surface area contributed by atoms with Crippen LogP contribution in [0.25, 0.3) is 0 Å². The van der Waals surface area contributed by atoms with Crippen molar-refractivity contribution < 1.29 is 19.0 Å². The lowest BCUT2D eigenvalue weighted by Gasteiger charge is -2.39. The average molecular weight is 320 g/mol. The second-order valence-electron chi connectivity index (χ2n) is 5.86. The first kappa shape index (κ1) is 19.5. The quantitative estimate of drug-likeness (QED) is 0.480. The standard InChI is InChI=1S/C19H28O4/c1-5-9-16(21-3)10-7-13-19(12-6-2)14-8-11-17(23-19)15-18(20)22-4/h9,12,16-17H,1-2,7-8,10-11,13-15H2,3-4H3/t16?,17-,19-/m0/s1. The monoisotopic (exact) mass is 320 g/mol. The third-order valence-corrected chi connectivity index (χ3v) is 4.21. The molecule has 0 bridgehead atoms. The van der Waals surface area contributed by atoms with Crippen LogP contribution in [-0.4, -0.2) is 38.0 Å². The van der Waals surface area contributed by atoms with Gasteiger partial charge in [0.2, 0.25) is 0 Å². The van der Waals surface area contributed by atoms with Gasteiger partial charge in [0.25, 0.3) is 0 Å². The van der Waals surface area contributed by atoms with Gasteiger partial charge in [0, 0.05) is 7.11 Å². The van der Waals surface area contributed by atoms with Crippen molar-refractivity contribution >= 4 is 5.97 Å². The average Bonchev–Trinajstić information content (AvgIpc) is 2.54. The Labute approximate surface area is 139 Å². The Morgan fingerprint density at radius 1 is 1.43 bits per heavy atom. The van der Waals surface area contributed by atoms with E-state index in [1.165, 1.54) is 7.11 Å². The maximum absolute atomic E-state index is 11.5. The van der Waals surface area contributed by atoms with Crippen LogP contribution < -0.4 is 0 Å². The van der Waals surface area contributed by atoms with Crippen molar-refractivity contribution in [2.45, 2.75) is 62.8 Å². The molecule has 3 atom stereocenters. The van der Waals surface area contributed by atoms with Gasteiger partial charge in [-0.25, -0.2) is 0 Å². The van der Waals surface area contributed by atoms with E-state index in [1.807, 2.05) is 12.2 Å². The zero-order valence-electron chi connectivity index (χ0n) is 14.3. The van der Waals surface area contributed by atoms with Crippen molar-refractivity contribution in [3.63, 3.8) is 0 Å². The SMILES string of the molecule is C=C=CC(CCC[C@@]1(C=C=C)CCC[C@@H](CC(=O)OC)O1)OC. The summed E-state index contributed by atoms with van der Waals surface area (Å²) in [5.74, 6) is -0.232. The summed E-state index contributed by atoms with van der Waals surface area (Å²) in [4.78, 5) is 11.5. The molecule has 0 spiro atoms. The van der Waals surface area contributed by atoms with Crippen LogP contribution in [0.3, 0.4) is 0 Å². The van der Waals surface area contributed by atoms with E-state index in [4.69, 9.17) is 14.2 Å². The van der Waals surface area contributed by atoms with Crippen LogP contribution in [0.4, 0.5) is 0 Å². The lowest BCUT2D eigenvalue weighted by molar-refractivity contribution is -0.152. The van der Waals surface area contributed by atoms with Gasteiger partial charge in [-0.05, 0) is 50.7 Å². The van der Waals surface area contributed by atoms with E-state index in [1.54, 1.807) is 7.11 Å². The predicted octanol–water partition coefficient (Wildman–Crippen LogP) is 3.72. The Hall–Kier alpha value is -1.57. The maximum atomic E-state index is 11.5. The fourth-order valence-electron chi connectivity index (χ4n) is 3.04. The third-order valence-electron chi connectivity index (χ3n) is 4.21. The van der Waals surface area contributed by atoms with Crippen molar-refractivity contribution in [2.24, 2.45) is 0 Å². The van der Waals surface area contributed by atoms with E-state index in [0.717, 1.165) is 38.5 Å². The maximum Gasteiger partial charge on any atom is 0.308 e. The van der Waals surface area contributed by atoms with Gasteiger partial charge >= 0.3 is 5.97 Å². The summed E-state index contributed by atoms with van der Waals surface area (Å²) in [5, 5.41) is 0. The van der Waals surface area contributed by atoms with Crippen LogP contribution in [0, 0.1) is 0 Å². The Bertz CT molecular complexity index is 472. The molecule has 0 amide bonds. The number of hydrogen-bond acceptors (Lipinski definition) is 4. The van der Waals surface area contributed by atoms with E-state index in [2.05, 4.69) is 24.6 Å². The molecule has 1 saturated heterocycles. The Kier molecular flexibility index (Phi) is 8.68. The minimum absolute atomic E-state index is 0.0201. The van der Waals surface area contributed by atoms with Crippen LogP contribution in [0.15, 0.2) is 36.8 Å². The number of hydrogen-bond donors (Lipinski definition) is 0. The molecule has 1 heterocycles. The molecule has 23 heavy (non-hydrogen) atoms. The van der Waals surface area contributed by atoms with Gasteiger partial charge in [-0.1, -0.05) is 13.2 Å². The first-order valence-electron chi connectivity index (χ1n) is 8.09. The number of rotatable bonds is 9.